The number of hydrogen-bond acceptors (Lipinski definition) is 3. The van der Waals surface area contributed by atoms with E-state index in [1.807, 2.05) is 25.1 Å². The van der Waals surface area contributed by atoms with Crippen molar-refractivity contribution in [1.29, 1.82) is 0 Å². The first-order valence-electron chi connectivity index (χ1n) is 7.56. The summed E-state index contributed by atoms with van der Waals surface area (Å²) in [6.07, 6.45) is 2.47. The molecule has 1 aromatic rings. The minimum absolute atomic E-state index is 0.117. The third kappa shape index (κ3) is 4.42. The predicted molar refractivity (Wildman–Crippen MR) is 83.0 cm³/mol. The highest BCUT2D eigenvalue weighted by Crippen LogP contribution is 2.30. The second kappa shape index (κ2) is 7.07. The number of nitrogens with one attached hydrogen (secondary N) is 2. The number of carbonyl (C=O) groups excluding carboxylic acids is 1. The van der Waals surface area contributed by atoms with Crippen LogP contribution in [0.15, 0.2) is 24.3 Å². The number of urea groups is 1. The molecule has 0 aromatic heterocycles. The molecule has 0 heterocycles. The maximum absolute atomic E-state index is 13.3. The number of carbonyl (C=O) groups is 1. The fraction of sp³-hybridized carbons (Fsp3) is 0.562. The fourth-order valence-electron chi connectivity index (χ4n) is 2.57. The van der Waals surface area contributed by atoms with E-state index in [1.165, 1.54) is 12.1 Å². The van der Waals surface area contributed by atoms with Crippen LogP contribution in [-0.2, 0) is 0 Å². The van der Waals surface area contributed by atoms with Crippen molar-refractivity contribution in [3.63, 3.8) is 0 Å². The van der Waals surface area contributed by atoms with Crippen molar-refractivity contribution in [1.82, 2.24) is 15.5 Å². The third-order valence-electron chi connectivity index (χ3n) is 4.18. The third-order valence-corrected chi connectivity index (χ3v) is 4.18. The number of benzene rings is 1. The van der Waals surface area contributed by atoms with E-state index in [-0.39, 0.29) is 24.4 Å². The lowest BCUT2D eigenvalue weighted by Gasteiger charge is -2.36. The average molecular weight is 309 g/mol. The molecule has 1 aliphatic carbocycles. The van der Waals surface area contributed by atoms with Gasteiger partial charge in [-0.1, -0.05) is 12.1 Å². The molecule has 3 N–H and O–H groups in total. The summed E-state index contributed by atoms with van der Waals surface area (Å²) in [5.74, 6) is -0.291. The number of rotatable bonds is 6. The van der Waals surface area contributed by atoms with E-state index in [2.05, 4.69) is 10.6 Å². The van der Waals surface area contributed by atoms with Crippen molar-refractivity contribution >= 4 is 6.03 Å². The van der Waals surface area contributed by atoms with Gasteiger partial charge in [-0.05, 0) is 51.1 Å². The van der Waals surface area contributed by atoms with Crippen LogP contribution in [-0.4, -0.2) is 48.8 Å². The molecule has 0 radical (unpaired) electrons. The Morgan fingerprint density at radius 3 is 2.68 bits per heavy atom. The molecule has 1 fully saturated rings. The Kier molecular flexibility index (Phi) is 5.37. The van der Waals surface area contributed by atoms with Crippen LogP contribution in [0.3, 0.4) is 0 Å². The normalized spacial score (nSPS) is 17.7. The Balaban J connectivity index is 1.85. The van der Waals surface area contributed by atoms with E-state index in [4.69, 9.17) is 0 Å². The van der Waals surface area contributed by atoms with Gasteiger partial charge in [0.2, 0.25) is 0 Å². The summed E-state index contributed by atoms with van der Waals surface area (Å²) in [7, 11) is 3.76. The van der Waals surface area contributed by atoms with Crippen molar-refractivity contribution in [2.45, 2.75) is 30.9 Å². The predicted octanol–water partition coefficient (Wildman–Crippen LogP) is 1.64. The molecule has 1 aliphatic rings. The average Bonchev–Trinajstić information content (AvgIpc) is 2.43. The smallest absolute Gasteiger partial charge is 0.314 e. The maximum atomic E-state index is 13.3. The molecule has 1 aromatic carbocycles. The van der Waals surface area contributed by atoms with Crippen molar-refractivity contribution in [3.8, 4) is 0 Å². The van der Waals surface area contributed by atoms with Gasteiger partial charge >= 0.3 is 6.03 Å². The molecule has 122 valence electrons. The van der Waals surface area contributed by atoms with Gasteiger partial charge in [0.25, 0.3) is 0 Å². The van der Waals surface area contributed by atoms with Crippen LogP contribution in [0.2, 0.25) is 0 Å². The second-order valence-electron chi connectivity index (χ2n) is 6.18. The van der Waals surface area contributed by atoms with Crippen molar-refractivity contribution < 1.29 is 14.3 Å². The summed E-state index contributed by atoms with van der Waals surface area (Å²) in [6, 6.07) is 5.94. The van der Waals surface area contributed by atoms with Gasteiger partial charge in [0, 0.05) is 13.1 Å². The topological polar surface area (TPSA) is 64.6 Å². The molecule has 6 heteroatoms. The van der Waals surface area contributed by atoms with Crippen LogP contribution in [0.4, 0.5) is 9.18 Å². The molecule has 1 saturated carbocycles. The zero-order valence-corrected chi connectivity index (χ0v) is 13.1. The van der Waals surface area contributed by atoms with Crippen molar-refractivity contribution in [2.75, 3.05) is 27.2 Å². The Bertz CT molecular complexity index is 518. The summed E-state index contributed by atoms with van der Waals surface area (Å²) in [5.41, 5.74) is 0.0730. The van der Waals surface area contributed by atoms with Gasteiger partial charge in [-0.3, -0.25) is 0 Å². The van der Waals surface area contributed by atoms with Crippen LogP contribution < -0.4 is 10.6 Å². The van der Waals surface area contributed by atoms with Crippen LogP contribution in [0.25, 0.3) is 0 Å². The monoisotopic (exact) mass is 309 g/mol. The number of hydrogen-bond donors (Lipinski definition) is 3. The Hall–Kier alpha value is -1.66. The first kappa shape index (κ1) is 16.7. The van der Waals surface area contributed by atoms with Gasteiger partial charge in [0.1, 0.15) is 5.82 Å². The molecule has 0 saturated heterocycles. The van der Waals surface area contributed by atoms with Gasteiger partial charge < -0.3 is 20.6 Å². The van der Waals surface area contributed by atoms with Crippen LogP contribution in [0, 0.1) is 5.82 Å². The lowest BCUT2D eigenvalue weighted by molar-refractivity contribution is -0.0290. The Morgan fingerprint density at radius 2 is 2.14 bits per heavy atom. The van der Waals surface area contributed by atoms with E-state index >= 15 is 0 Å². The van der Waals surface area contributed by atoms with Gasteiger partial charge in [-0.25, -0.2) is 9.18 Å². The van der Waals surface area contributed by atoms with Crippen LogP contribution in [0.1, 0.15) is 30.9 Å². The number of halogens is 1. The van der Waals surface area contributed by atoms with E-state index in [1.54, 1.807) is 6.07 Å². The Morgan fingerprint density at radius 1 is 1.41 bits per heavy atom. The van der Waals surface area contributed by atoms with Crippen molar-refractivity contribution in [2.24, 2.45) is 0 Å². The quantitative estimate of drug-likeness (QED) is 0.748. The standard InChI is InChI=1S/C16H24FN3O2/c1-20(2)14(12-5-3-6-13(17)9-12)10-18-15(21)19-11-16(22)7-4-8-16/h3,5-6,9,14,22H,4,7-8,10-11H2,1-2H3,(H2,18,19,21). The molecule has 0 bridgehead atoms. The molecule has 0 spiro atoms. The van der Waals surface area contributed by atoms with E-state index in [0.29, 0.717) is 6.54 Å². The Labute approximate surface area is 130 Å². The summed E-state index contributed by atoms with van der Waals surface area (Å²) in [4.78, 5) is 13.8. The largest absolute Gasteiger partial charge is 0.388 e. The highest BCUT2D eigenvalue weighted by Gasteiger charge is 2.34. The van der Waals surface area contributed by atoms with Gasteiger partial charge in [0.05, 0.1) is 11.6 Å². The molecular weight excluding hydrogens is 285 g/mol. The van der Waals surface area contributed by atoms with Crippen molar-refractivity contribution in [3.05, 3.63) is 35.6 Å². The number of aliphatic hydroxyl groups is 1. The minimum atomic E-state index is -0.735. The van der Waals surface area contributed by atoms with Crippen LogP contribution >= 0.6 is 0 Å². The van der Waals surface area contributed by atoms with Crippen LogP contribution in [0.5, 0.6) is 0 Å². The highest BCUT2D eigenvalue weighted by atomic mass is 19.1. The van der Waals surface area contributed by atoms with Gasteiger partial charge in [-0.15, -0.1) is 0 Å². The maximum Gasteiger partial charge on any atom is 0.314 e. The number of likely N-dealkylation sites (N-methyl/N-ethyl adjacent to an activating group) is 1. The molecule has 22 heavy (non-hydrogen) atoms. The summed E-state index contributed by atoms with van der Waals surface area (Å²) in [5, 5.41) is 15.4. The molecular formula is C16H24FN3O2. The SMILES string of the molecule is CN(C)C(CNC(=O)NCC1(O)CCC1)c1cccc(F)c1. The lowest BCUT2D eigenvalue weighted by Crippen LogP contribution is -2.50. The van der Waals surface area contributed by atoms with E-state index in [9.17, 15) is 14.3 Å². The molecule has 2 amide bonds. The first-order chi connectivity index (χ1) is 10.4. The summed E-state index contributed by atoms with van der Waals surface area (Å²) < 4.78 is 13.3. The fourth-order valence-corrected chi connectivity index (χ4v) is 2.57. The summed E-state index contributed by atoms with van der Waals surface area (Å²) in [6.45, 7) is 0.631. The van der Waals surface area contributed by atoms with Gasteiger partial charge in [0.15, 0.2) is 0 Å². The number of amides is 2. The molecule has 2 rings (SSSR count). The molecule has 1 unspecified atom stereocenters. The van der Waals surface area contributed by atoms with E-state index in [0.717, 1.165) is 24.8 Å². The highest BCUT2D eigenvalue weighted by molar-refractivity contribution is 5.74. The second-order valence-corrected chi connectivity index (χ2v) is 6.18. The first-order valence-corrected chi connectivity index (χ1v) is 7.56. The zero-order chi connectivity index (χ0) is 16.2. The molecule has 1 atom stereocenters. The van der Waals surface area contributed by atoms with Gasteiger partial charge in [-0.2, -0.15) is 0 Å². The summed E-state index contributed by atoms with van der Waals surface area (Å²) >= 11 is 0. The number of nitrogens with zero attached hydrogens (tertiary/aromatic N) is 1. The lowest BCUT2D eigenvalue weighted by atomic mass is 9.80. The minimum Gasteiger partial charge on any atom is -0.388 e. The zero-order valence-electron chi connectivity index (χ0n) is 13.1. The van der Waals surface area contributed by atoms with E-state index < -0.39 is 5.60 Å². The molecule has 0 aliphatic heterocycles. The molecule has 5 nitrogen and oxygen atoms in total.